The highest BCUT2D eigenvalue weighted by Gasteiger charge is 2.45. The van der Waals surface area contributed by atoms with Gasteiger partial charge < -0.3 is 14.9 Å². The van der Waals surface area contributed by atoms with Crippen LogP contribution in [0.4, 0.5) is 0 Å². The van der Waals surface area contributed by atoms with Crippen LogP contribution in [0.15, 0.2) is 60.4 Å². The Balaban J connectivity index is 2.05. The lowest BCUT2D eigenvalue weighted by Crippen LogP contribution is -2.32. The fraction of sp³-hybridized carbons (Fsp3) is 0.286. The van der Waals surface area contributed by atoms with Crippen LogP contribution >= 0.6 is 0 Å². The van der Waals surface area contributed by atoms with Crippen LogP contribution in [0.25, 0.3) is 5.76 Å². The second-order valence-corrected chi connectivity index (χ2v) is 6.80. The first-order valence-corrected chi connectivity index (χ1v) is 8.89. The maximum absolute atomic E-state index is 12.8. The number of hydrogen-bond donors (Lipinski definition) is 1. The molecule has 3 rings (SSSR count). The zero-order valence-corrected chi connectivity index (χ0v) is 15.5. The van der Waals surface area contributed by atoms with Gasteiger partial charge in [-0.3, -0.25) is 14.6 Å². The van der Waals surface area contributed by atoms with Crippen molar-refractivity contribution >= 4 is 17.4 Å². The Kier molecular flexibility index (Phi) is 5.66. The van der Waals surface area contributed by atoms with Crippen molar-refractivity contribution in [3.8, 4) is 0 Å². The van der Waals surface area contributed by atoms with Crippen LogP contribution in [0.5, 0.6) is 0 Å². The summed E-state index contributed by atoms with van der Waals surface area (Å²) in [4.78, 5) is 33.0. The zero-order chi connectivity index (χ0) is 19.4. The summed E-state index contributed by atoms with van der Waals surface area (Å²) in [5, 5.41) is 10.8. The quantitative estimate of drug-likeness (QED) is 0.484. The number of benzene rings is 1. The predicted octanol–water partition coefficient (Wildman–Crippen LogP) is 2.46. The van der Waals surface area contributed by atoms with E-state index in [0.29, 0.717) is 12.1 Å². The van der Waals surface area contributed by atoms with Crippen molar-refractivity contribution in [1.29, 1.82) is 0 Å². The predicted molar refractivity (Wildman–Crippen MR) is 103 cm³/mol. The summed E-state index contributed by atoms with van der Waals surface area (Å²) in [5.74, 6) is -1.39. The monoisotopic (exact) mass is 365 g/mol. The molecule has 1 aliphatic rings. The number of aliphatic hydroxyl groups is 1. The van der Waals surface area contributed by atoms with Crippen molar-refractivity contribution in [1.82, 2.24) is 14.8 Å². The van der Waals surface area contributed by atoms with E-state index >= 15 is 0 Å². The molecule has 0 saturated carbocycles. The van der Waals surface area contributed by atoms with Crippen LogP contribution in [0.3, 0.4) is 0 Å². The molecule has 0 bridgehead atoms. The lowest BCUT2D eigenvalue weighted by atomic mass is 9.95. The number of aliphatic hydroxyl groups excluding tert-OH is 1. The summed E-state index contributed by atoms with van der Waals surface area (Å²) in [6.45, 7) is 1.24. The van der Waals surface area contributed by atoms with E-state index in [1.807, 2.05) is 49.3 Å². The number of amides is 1. The summed E-state index contributed by atoms with van der Waals surface area (Å²) in [6.07, 6.45) is 3.82. The normalized spacial score (nSPS) is 19.1. The van der Waals surface area contributed by atoms with Crippen molar-refractivity contribution in [3.63, 3.8) is 0 Å². The number of hydrogen-bond acceptors (Lipinski definition) is 5. The molecular weight excluding hydrogens is 342 g/mol. The van der Waals surface area contributed by atoms with Gasteiger partial charge in [0.1, 0.15) is 5.76 Å². The van der Waals surface area contributed by atoms with Crippen LogP contribution < -0.4 is 0 Å². The third kappa shape index (κ3) is 3.90. The number of rotatable bonds is 6. The molecule has 0 spiro atoms. The second-order valence-electron chi connectivity index (χ2n) is 6.80. The minimum Gasteiger partial charge on any atom is -0.507 e. The first-order chi connectivity index (χ1) is 13.0. The van der Waals surface area contributed by atoms with E-state index in [0.717, 1.165) is 18.5 Å². The molecule has 1 amide bonds. The number of aromatic nitrogens is 1. The average molecular weight is 365 g/mol. The number of nitrogens with zero attached hydrogens (tertiary/aromatic N) is 3. The molecular formula is C21H23N3O3. The molecule has 0 aliphatic carbocycles. The SMILES string of the molecule is CN(C)CCCN1C(=O)C(=O)/C(=C(\O)c2ccncc2)[C@H]1c1ccccc1. The van der Waals surface area contributed by atoms with Gasteiger partial charge in [0, 0.05) is 24.5 Å². The number of ketones is 1. The van der Waals surface area contributed by atoms with Gasteiger partial charge in [0.25, 0.3) is 11.7 Å². The van der Waals surface area contributed by atoms with E-state index in [-0.39, 0.29) is 11.3 Å². The van der Waals surface area contributed by atoms with Crippen LogP contribution in [0, 0.1) is 0 Å². The highest BCUT2D eigenvalue weighted by atomic mass is 16.3. The molecule has 0 unspecified atom stereocenters. The molecule has 1 fully saturated rings. The fourth-order valence-electron chi connectivity index (χ4n) is 3.32. The average Bonchev–Trinajstić information content (AvgIpc) is 2.93. The minimum absolute atomic E-state index is 0.127. The minimum atomic E-state index is -0.650. The lowest BCUT2D eigenvalue weighted by molar-refractivity contribution is -0.139. The van der Waals surface area contributed by atoms with E-state index < -0.39 is 17.7 Å². The summed E-state index contributed by atoms with van der Waals surface area (Å²) in [6, 6.07) is 12.0. The molecule has 1 aromatic carbocycles. The third-order valence-corrected chi connectivity index (χ3v) is 4.61. The van der Waals surface area contributed by atoms with E-state index in [1.165, 1.54) is 0 Å². The van der Waals surface area contributed by atoms with Crippen LogP contribution in [-0.2, 0) is 9.59 Å². The summed E-state index contributed by atoms with van der Waals surface area (Å²) in [7, 11) is 3.93. The standard InChI is InChI=1S/C21H23N3O3/c1-23(2)13-6-14-24-18(15-7-4-3-5-8-15)17(20(26)21(24)27)19(25)16-9-11-22-12-10-16/h3-5,7-12,18,25H,6,13-14H2,1-2H3/b19-17-/t18-/m1/s1. The fourth-order valence-corrected chi connectivity index (χ4v) is 3.32. The van der Waals surface area contributed by atoms with E-state index in [2.05, 4.69) is 4.98 Å². The van der Waals surface area contributed by atoms with Gasteiger partial charge in [0.15, 0.2) is 0 Å². The number of carbonyl (C=O) groups is 2. The maximum atomic E-state index is 12.8. The van der Waals surface area contributed by atoms with Gasteiger partial charge in [-0.25, -0.2) is 0 Å². The van der Waals surface area contributed by atoms with Crippen molar-refractivity contribution in [2.45, 2.75) is 12.5 Å². The molecule has 1 aliphatic heterocycles. The van der Waals surface area contributed by atoms with Gasteiger partial charge in [-0.05, 0) is 44.8 Å². The molecule has 2 aromatic rings. The van der Waals surface area contributed by atoms with Crippen LogP contribution in [0.1, 0.15) is 23.6 Å². The van der Waals surface area contributed by atoms with Crippen LogP contribution in [-0.4, -0.2) is 58.8 Å². The number of pyridine rings is 1. The van der Waals surface area contributed by atoms with Crippen molar-refractivity contribution < 1.29 is 14.7 Å². The first-order valence-electron chi connectivity index (χ1n) is 8.89. The van der Waals surface area contributed by atoms with Gasteiger partial charge in [0.2, 0.25) is 0 Å². The molecule has 6 heteroatoms. The molecule has 1 aromatic heterocycles. The Labute approximate surface area is 158 Å². The molecule has 1 N–H and O–H groups in total. The van der Waals surface area contributed by atoms with Crippen molar-refractivity contribution in [3.05, 3.63) is 71.6 Å². The smallest absolute Gasteiger partial charge is 0.295 e. The molecule has 0 radical (unpaired) electrons. The Morgan fingerprint density at radius 2 is 1.78 bits per heavy atom. The molecule has 1 saturated heterocycles. The molecule has 140 valence electrons. The summed E-state index contributed by atoms with van der Waals surface area (Å²) < 4.78 is 0. The van der Waals surface area contributed by atoms with Gasteiger partial charge in [-0.2, -0.15) is 0 Å². The van der Waals surface area contributed by atoms with Gasteiger partial charge in [-0.1, -0.05) is 30.3 Å². The second kappa shape index (κ2) is 8.14. The largest absolute Gasteiger partial charge is 0.507 e. The van der Waals surface area contributed by atoms with Crippen molar-refractivity contribution in [2.75, 3.05) is 27.2 Å². The third-order valence-electron chi connectivity index (χ3n) is 4.61. The zero-order valence-electron chi connectivity index (χ0n) is 15.5. The Hall–Kier alpha value is -2.99. The Morgan fingerprint density at radius 1 is 1.11 bits per heavy atom. The first kappa shape index (κ1) is 18.8. The number of carbonyl (C=O) groups excluding carboxylic acids is 2. The van der Waals surface area contributed by atoms with E-state index in [9.17, 15) is 14.7 Å². The molecule has 1 atom stereocenters. The highest BCUT2D eigenvalue weighted by molar-refractivity contribution is 6.46. The number of Topliss-reactive ketones (excluding diaryl/α,β-unsaturated/α-hetero) is 1. The molecule has 27 heavy (non-hydrogen) atoms. The Morgan fingerprint density at radius 3 is 2.41 bits per heavy atom. The summed E-state index contributed by atoms with van der Waals surface area (Å²) in [5.41, 5.74) is 1.40. The Bertz CT molecular complexity index is 847. The topological polar surface area (TPSA) is 73.7 Å². The van der Waals surface area contributed by atoms with Gasteiger partial charge >= 0.3 is 0 Å². The van der Waals surface area contributed by atoms with Gasteiger partial charge in [0.05, 0.1) is 11.6 Å². The van der Waals surface area contributed by atoms with E-state index in [1.54, 1.807) is 29.4 Å². The maximum Gasteiger partial charge on any atom is 0.295 e. The van der Waals surface area contributed by atoms with Crippen molar-refractivity contribution in [2.24, 2.45) is 0 Å². The van der Waals surface area contributed by atoms with E-state index in [4.69, 9.17) is 0 Å². The van der Waals surface area contributed by atoms with Gasteiger partial charge in [-0.15, -0.1) is 0 Å². The van der Waals surface area contributed by atoms with Crippen LogP contribution in [0.2, 0.25) is 0 Å². The lowest BCUT2D eigenvalue weighted by Gasteiger charge is -2.25. The molecule has 6 nitrogen and oxygen atoms in total. The summed E-state index contributed by atoms with van der Waals surface area (Å²) >= 11 is 0. The number of likely N-dealkylation sites (tertiary alicyclic amines) is 1. The molecule has 2 heterocycles. The highest BCUT2D eigenvalue weighted by Crippen LogP contribution is 2.39.